The van der Waals surface area contributed by atoms with Crippen molar-refractivity contribution in [2.24, 2.45) is 0 Å². The monoisotopic (exact) mass is 305 g/mol. The molecule has 0 saturated carbocycles. The van der Waals surface area contributed by atoms with Crippen LogP contribution in [0, 0.1) is 6.92 Å². The zero-order valence-corrected chi connectivity index (χ0v) is 12.9. The Labute approximate surface area is 128 Å². The van der Waals surface area contributed by atoms with Crippen LogP contribution >= 0.6 is 0 Å². The zero-order valence-electron chi connectivity index (χ0n) is 12.9. The van der Waals surface area contributed by atoms with Gasteiger partial charge in [0.1, 0.15) is 18.2 Å². The Morgan fingerprint density at radius 1 is 1.27 bits per heavy atom. The number of imide groups is 1. The van der Waals surface area contributed by atoms with Gasteiger partial charge in [0.15, 0.2) is 0 Å². The summed E-state index contributed by atoms with van der Waals surface area (Å²) in [5.41, 5.74) is 0.799. The number of carbonyl (C=O) groups is 3. The molecule has 2 rings (SSSR count). The Kier molecular flexibility index (Phi) is 4.69. The Morgan fingerprint density at radius 3 is 2.50 bits per heavy atom. The van der Waals surface area contributed by atoms with E-state index in [0.29, 0.717) is 5.82 Å². The van der Waals surface area contributed by atoms with Crippen LogP contribution in [0.1, 0.15) is 24.4 Å². The Bertz CT molecular complexity index is 598. The molecule has 0 radical (unpaired) electrons. The molecule has 8 nitrogen and oxygen atoms in total. The molecule has 1 aromatic rings. The number of rotatable bonds is 5. The number of anilines is 1. The molecule has 118 valence electrons. The quantitative estimate of drug-likeness (QED) is 0.745. The maximum absolute atomic E-state index is 11.8. The number of amides is 3. The van der Waals surface area contributed by atoms with E-state index in [4.69, 9.17) is 0 Å². The highest BCUT2D eigenvalue weighted by atomic mass is 16.2. The summed E-state index contributed by atoms with van der Waals surface area (Å²) in [6.45, 7) is 1.75. The van der Waals surface area contributed by atoms with Crippen molar-refractivity contribution in [2.45, 2.75) is 26.3 Å². The third-order valence-electron chi connectivity index (χ3n) is 3.25. The smallest absolute Gasteiger partial charge is 0.240 e. The first-order chi connectivity index (χ1) is 10.4. The topological polar surface area (TPSA) is 95.5 Å². The fourth-order valence-corrected chi connectivity index (χ4v) is 2.10. The SMILES string of the molecule is Cc1cc(N(C)C)nc(CNC(=O)CN2C(=O)CCC2=O)n1. The summed E-state index contributed by atoms with van der Waals surface area (Å²) in [6.07, 6.45) is 0.360. The van der Waals surface area contributed by atoms with E-state index >= 15 is 0 Å². The van der Waals surface area contributed by atoms with Crippen LogP contribution in [0.5, 0.6) is 0 Å². The lowest BCUT2D eigenvalue weighted by Gasteiger charge is -2.15. The van der Waals surface area contributed by atoms with Crippen molar-refractivity contribution >= 4 is 23.5 Å². The van der Waals surface area contributed by atoms with E-state index in [0.717, 1.165) is 16.4 Å². The third-order valence-corrected chi connectivity index (χ3v) is 3.25. The first kappa shape index (κ1) is 15.9. The number of nitrogens with one attached hydrogen (secondary N) is 1. The maximum Gasteiger partial charge on any atom is 0.240 e. The van der Waals surface area contributed by atoms with E-state index in [-0.39, 0.29) is 37.7 Å². The van der Waals surface area contributed by atoms with Gasteiger partial charge in [0.2, 0.25) is 17.7 Å². The highest BCUT2D eigenvalue weighted by molar-refractivity contribution is 6.04. The van der Waals surface area contributed by atoms with Crippen molar-refractivity contribution in [3.05, 3.63) is 17.6 Å². The molecule has 0 spiro atoms. The Morgan fingerprint density at radius 2 is 1.91 bits per heavy atom. The molecule has 0 atom stereocenters. The van der Waals surface area contributed by atoms with E-state index in [1.54, 1.807) is 0 Å². The lowest BCUT2D eigenvalue weighted by molar-refractivity contribution is -0.142. The molecule has 0 unspecified atom stereocenters. The number of likely N-dealkylation sites (tertiary alicyclic amines) is 1. The standard InChI is InChI=1S/C14H19N5O3/c1-9-6-11(18(2)3)17-10(16-9)7-15-12(20)8-19-13(21)4-5-14(19)22/h6H,4-5,7-8H2,1-3H3,(H,15,20). The van der Waals surface area contributed by atoms with Crippen LogP contribution in [-0.2, 0) is 20.9 Å². The highest BCUT2D eigenvalue weighted by Crippen LogP contribution is 2.11. The first-order valence-electron chi connectivity index (χ1n) is 6.98. The average molecular weight is 305 g/mol. The molecule has 2 heterocycles. The molecule has 0 aromatic carbocycles. The van der Waals surface area contributed by atoms with Crippen LogP contribution in [-0.4, -0.2) is 53.2 Å². The van der Waals surface area contributed by atoms with Gasteiger partial charge in [0.05, 0.1) is 6.54 Å². The first-order valence-corrected chi connectivity index (χ1v) is 6.98. The summed E-state index contributed by atoms with van der Waals surface area (Å²) < 4.78 is 0. The minimum Gasteiger partial charge on any atom is -0.363 e. The molecular formula is C14H19N5O3. The number of aromatic nitrogens is 2. The van der Waals surface area contributed by atoms with Crippen LogP contribution < -0.4 is 10.2 Å². The van der Waals surface area contributed by atoms with Gasteiger partial charge in [-0.15, -0.1) is 0 Å². The number of nitrogens with zero attached hydrogens (tertiary/aromatic N) is 4. The van der Waals surface area contributed by atoms with Crippen LogP contribution in [0.4, 0.5) is 5.82 Å². The summed E-state index contributed by atoms with van der Waals surface area (Å²) in [6, 6.07) is 1.84. The van der Waals surface area contributed by atoms with E-state index in [9.17, 15) is 14.4 Å². The molecule has 3 amide bonds. The Hall–Kier alpha value is -2.51. The van der Waals surface area contributed by atoms with Crippen LogP contribution in [0.3, 0.4) is 0 Å². The predicted octanol–water partition coefficient (Wildman–Crippen LogP) is -0.384. The molecule has 22 heavy (non-hydrogen) atoms. The predicted molar refractivity (Wildman–Crippen MR) is 78.9 cm³/mol. The average Bonchev–Trinajstić information content (AvgIpc) is 2.76. The largest absolute Gasteiger partial charge is 0.363 e. The van der Waals surface area contributed by atoms with Gasteiger partial charge in [-0.2, -0.15) is 0 Å². The normalized spacial score (nSPS) is 14.4. The van der Waals surface area contributed by atoms with Gasteiger partial charge in [0.25, 0.3) is 0 Å². The van der Waals surface area contributed by atoms with Crippen molar-refractivity contribution in [3.63, 3.8) is 0 Å². The summed E-state index contributed by atoms with van der Waals surface area (Å²) in [4.78, 5) is 46.2. The minimum atomic E-state index is -0.403. The number of hydrogen-bond donors (Lipinski definition) is 1. The van der Waals surface area contributed by atoms with E-state index in [2.05, 4.69) is 15.3 Å². The molecule has 8 heteroatoms. The van der Waals surface area contributed by atoms with Crippen molar-refractivity contribution in [2.75, 3.05) is 25.5 Å². The van der Waals surface area contributed by atoms with Crippen LogP contribution in [0.2, 0.25) is 0 Å². The minimum absolute atomic E-state index is 0.150. The van der Waals surface area contributed by atoms with Crippen molar-refractivity contribution < 1.29 is 14.4 Å². The van der Waals surface area contributed by atoms with Gasteiger partial charge in [-0.05, 0) is 6.92 Å². The summed E-state index contributed by atoms with van der Waals surface area (Å²) in [5, 5.41) is 2.63. The molecular weight excluding hydrogens is 286 g/mol. The zero-order chi connectivity index (χ0) is 16.3. The fraction of sp³-hybridized carbons (Fsp3) is 0.500. The van der Waals surface area contributed by atoms with Gasteiger partial charge in [-0.25, -0.2) is 9.97 Å². The second-order valence-electron chi connectivity index (χ2n) is 5.33. The van der Waals surface area contributed by atoms with E-state index in [1.807, 2.05) is 32.0 Å². The summed E-state index contributed by atoms with van der Waals surface area (Å²) in [7, 11) is 3.74. The third kappa shape index (κ3) is 3.78. The molecule has 0 bridgehead atoms. The van der Waals surface area contributed by atoms with Crippen LogP contribution in [0.15, 0.2) is 6.07 Å². The summed E-state index contributed by atoms with van der Waals surface area (Å²) in [5.74, 6) is 0.224. The lowest BCUT2D eigenvalue weighted by atomic mass is 10.4. The van der Waals surface area contributed by atoms with Gasteiger partial charge < -0.3 is 10.2 Å². The molecule has 0 aliphatic carbocycles. The number of carbonyl (C=O) groups excluding carboxylic acids is 3. The molecule has 1 aliphatic rings. The Balaban J connectivity index is 1.94. The highest BCUT2D eigenvalue weighted by Gasteiger charge is 2.30. The van der Waals surface area contributed by atoms with Crippen LogP contribution in [0.25, 0.3) is 0 Å². The number of aryl methyl sites for hydroxylation is 1. The van der Waals surface area contributed by atoms with Crippen molar-refractivity contribution in [1.29, 1.82) is 0 Å². The number of hydrogen-bond acceptors (Lipinski definition) is 6. The van der Waals surface area contributed by atoms with E-state index in [1.165, 1.54) is 0 Å². The molecule has 1 aliphatic heterocycles. The van der Waals surface area contributed by atoms with Gasteiger partial charge in [-0.3, -0.25) is 19.3 Å². The molecule has 1 saturated heterocycles. The second kappa shape index (κ2) is 6.50. The maximum atomic E-state index is 11.8. The lowest BCUT2D eigenvalue weighted by Crippen LogP contribution is -2.40. The second-order valence-corrected chi connectivity index (χ2v) is 5.33. The van der Waals surface area contributed by atoms with Crippen molar-refractivity contribution in [1.82, 2.24) is 20.2 Å². The molecule has 1 aromatic heterocycles. The van der Waals surface area contributed by atoms with Gasteiger partial charge in [-0.1, -0.05) is 0 Å². The van der Waals surface area contributed by atoms with E-state index < -0.39 is 5.91 Å². The van der Waals surface area contributed by atoms with Crippen molar-refractivity contribution in [3.8, 4) is 0 Å². The molecule has 1 fully saturated rings. The van der Waals surface area contributed by atoms with Gasteiger partial charge >= 0.3 is 0 Å². The van der Waals surface area contributed by atoms with Gasteiger partial charge in [0, 0.05) is 38.7 Å². The summed E-state index contributed by atoms with van der Waals surface area (Å²) >= 11 is 0. The molecule has 1 N–H and O–H groups in total. The fourth-order valence-electron chi connectivity index (χ4n) is 2.10.